The average Bonchev–Trinajstić information content (AvgIpc) is 2.04. The summed E-state index contributed by atoms with van der Waals surface area (Å²) in [6.07, 6.45) is 4.67. The van der Waals surface area contributed by atoms with Gasteiger partial charge in [-0.3, -0.25) is 0 Å². The highest BCUT2D eigenvalue weighted by molar-refractivity contribution is 4.99. The zero-order valence-electron chi connectivity index (χ0n) is 9.35. The molecule has 0 spiro atoms. The first-order chi connectivity index (χ1) is 5.87. The Hall–Kier alpha value is -0.510. The average molecular weight is 179 g/mol. The molecule has 0 aromatic heterocycles. The molecule has 0 bridgehead atoms. The van der Waals surface area contributed by atoms with Gasteiger partial charge in [0.25, 0.3) is 0 Å². The van der Waals surface area contributed by atoms with E-state index in [0.29, 0.717) is 5.41 Å². The molecule has 0 saturated heterocycles. The van der Waals surface area contributed by atoms with Crippen molar-refractivity contribution in [2.75, 3.05) is 0 Å². The first-order valence-electron chi connectivity index (χ1n) is 5.26. The van der Waals surface area contributed by atoms with E-state index < -0.39 is 0 Å². The Balaban J connectivity index is 2.54. The van der Waals surface area contributed by atoms with Crippen LogP contribution in [0.2, 0.25) is 0 Å². The molecule has 0 N–H and O–H groups in total. The van der Waals surface area contributed by atoms with Crippen LogP contribution >= 0.6 is 0 Å². The monoisotopic (exact) mass is 179 g/mol. The number of hydrogen-bond donors (Lipinski definition) is 0. The fourth-order valence-electron chi connectivity index (χ4n) is 2.22. The summed E-state index contributed by atoms with van der Waals surface area (Å²) in [6.45, 7) is 16.2. The molecule has 1 aliphatic rings. The Bertz CT molecular complexity index is 208. The molecule has 0 atom stereocenters. The predicted molar refractivity (Wildman–Crippen MR) is 56.4 cm³/mol. The topological polar surface area (TPSA) is 4.36 Å². The molecule has 1 nitrogen and oxygen atoms in total. The Labute approximate surface area is 82.4 Å². The van der Waals surface area contributed by atoms with Crippen LogP contribution < -0.4 is 0 Å². The normalized spacial score (nSPS) is 35.5. The Morgan fingerprint density at radius 2 is 1.69 bits per heavy atom. The highest BCUT2D eigenvalue weighted by Crippen LogP contribution is 2.42. The maximum Gasteiger partial charge on any atom is 0.229 e. The van der Waals surface area contributed by atoms with Gasteiger partial charge >= 0.3 is 0 Å². The van der Waals surface area contributed by atoms with Crippen molar-refractivity contribution in [1.29, 1.82) is 0 Å². The third kappa shape index (κ3) is 2.46. The maximum absolute atomic E-state index is 7.14. The summed E-state index contributed by atoms with van der Waals surface area (Å²) in [5.41, 5.74) is 0.394. The van der Waals surface area contributed by atoms with Crippen LogP contribution in [0.1, 0.15) is 53.4 Å². The van der Waals surface area contributed by atoms with Gasteiger partial charge in [0.2, 0.25) is 5.54 Å². The lowest BCUT2D eigenvalue weighted by atomic mass is 9.68. The second-order valence-corrected chi connectivity index (χ2v) is 5.75. The van der Waals surface area contributed by atoms with Crippen molar-refractivity contribution in [3.05, 3.63) is 11.4 Å². The van der Waals surface area contributed by atoms with Gasteiger partial charge in [0.15, 0.2) is 0 Å². The fraction of sp³-hybridized carbons (Fsp3) is 0.917. The molecule has 0 amide bonds. The van der Waals surface area contributed by atoms with Crippen LogP contribution in [0.15, 0.2) is 0 Å². The van der Waals surface area contributed by atoms with Crippen molar-refractivity contribution in [2.45, 2.75) is 58.9 Å². The second kappa shape index (κ2) is 3.33. The molecule has 0 radical (unpaired) electrons. The largest absolute Gasteiger partial charge is 0.311 e. The second-order valence-electron chi connectivity index (χ2n) is 5.75. The van der Waals surface area contributed by atoms with E-state index >= 15 is 0 Å². The van der Waals surface area contributed by atoms with Gasteiger partial charge in [-0.05, 0) is 24.2 Å². The van der Waals surface area contributed by atoms with Gasteiger partial charge in [0.1, 0.15) is 0 Å². The van der Waals surface area contributed by atoms with E-state index in [1.807, 2.05) is 0 Å². The van der Waals surface area contributed by atoms with Crippen molar-refractivity contribution in [1.82, 2.24) is 0 Å². The molecule has 1 fully saturated rings. The minimum atomic E-state index is -0.0399. The lowest BCUT2D eigenvalue weighted by Gasteiger charge is -2.36. The van der Waals surface area contributed by atoms with Gasteiger partial charge in [-0.1, -0.05) is 20.8 Å². The quantitative estimate of drug-likeness (QED) is 0.497. The van der Waals surface area contributed by atoms with Gasteiger partial charge < -0.3 is 4.85 Å². The van der Waals surface area contributed by atoms with Crippen LogP contribution in [-0.2, 0) is 0 Å². The smallest absolute Gasteiger partial charge is 0.229 e. The Morgan fingerprint density at radius 3 is 2.00 bits per heavy atom. The molecule has 0 aromatic carbocycles. The molecule has 0 aliphatic heterocycles. The minimum absolute atomic E-state index is 0.0399. The summed E-state index contributed by atoms with van der Waals surface area (Å²) < 4.78 is 0. The highest BCUT2D eigenvalue weighted by Gasteiger charge is 2.39. The summed E-state index contributed by atoms with van der Waals surface area (Å²) in [5, 5.41) is 0. The van der Waals surface area contributed by atoms with E-state index in [0.717, 1.165) is 18.8 Å². The maximum atomic E-state index is 7.14. The van der Waals surface area contributed by atoms with E-state index in [1.54, 1.807) is 0 Å². The summed E-state index contributed by atoms with van der Waals surface area (Å²) in [7, 11) is 0. The zero-order valence-corrected chi connectivity index (χ0v) is 9.35. The SMILES string of the molecule is [C-]#[N+]C1(C)CCC(C(C)(C)C)CC1. The molecular weight excluding hydrogens is 158 g/mol. The Morgan fingerprint density at radius 1 is 1.23 bits per heavy atom. The first-order valence-corrected chi connectivity index (χ1v) is 5.26. The van der Waals surface area contributed by atoms with Crippen molar-refractivity contribution in [3.63, 3.8) is 0 Å². The summed E-state index contributed by atoms with van der Waals surface area (Å²) >= 11 is 0. The fourth-order valence-corrected chi connectivity index (χ4v) is 2.22. The molecule has 1 rings (SSSR count). The summed E-state index contributed by atoms with van der Waals surface area (Å²) in [6, 6.07) is 0. The first kappa shape index (κ1) is 10.6. The van der Waals surface area contributed by atoms with Crippen LogP contribution in [0.25, 0.3) is 4.85 Å². The van der Waals surface area contributed by atoms with Crippen LogP contribution in [0.3, 0.4) is 0 Å². The van der Waals surface area contributed by atoms with E-state index in [2.05, 4.69) is 32.5 Å². The number of nitrogens with zero attached hydrogens (tertiary/aromatic N) is 1. The van der Waals surface area contributed by atoms with Gasteiger partial charge in [0, 0.05) is 19.8 Å². The van der Waals surface area contributed by atoms with E-state index in [-0.39, 0.29) is 5.54 Å². The molecule has 0 heterocycles. The van der Waals surface area contributed by atoms with E-state index in [9.17, 15) is 0 Å². The van der Waals surface area contributed by atoms with Crippen LogP contribution in [0.5, 0.6) is 0 Å². The van der Waals surface area contributed by atoms with E-state index in [4.69, 9.17) is 6.57 Å². The van der Waals surface area contributed by atoms with Crippen LogP contribution in [-0.4, -0.2) is 5.54 Å². The highest BCUT2D eigenvalue weighted by atomic mass is 14.8. The lowest BCUT2D eigenvalue weighted by molar-refractivity contribution is 0.154. The third-order valence-corrected chi connectivity index (χ3v) is 3.56. The zero-order chi connectivity index (χ0) is 10.1. The summed E-state index contributed by atoms with van der Waals surface area (Å²) in [5.74, 6) is 0.822. The predicted octanol–water partition coefficient (Wildman–Crippen LogP) is 3.90. The Kier molecular flexibility index (Phi) is 2.71. The standard InChI is InChI=1S/C12H21N/c1-11(2,3)10-6-8-12(4,13-5)9-7-10/h10H,6-9H2,1-4H3. The molecular formula is C12H21N. The molecule has 74 valence electrons. The van der Waals surface area contributed by atoms with Crippen molar-refractivity contribution >= 4 is 0 Å². The number of rotatable bonds is 0. The van der Waals surface area contributed by atoms with Crippen LogP contribution in [0.4, 0.5) is 0 Å². The van der Waals surface area contributed by atoms with Gasteiger partial charge in [-0.25, -0.2) is 6.57 Å². The van der Waals surface area contributed by atoms with Crippen LogP contribution in [0, 0.1) is 17.9 Å². The molecule has 1 heteroatoms. The molecule has 1 saturated carbocycles. The van der Waals surface area contributed by atoms with Crippen molar-refractivity contribution < 1.29 is 0 Å². The molecule has 0 aromatic rings. The van der Waals surface area contributed by atoms with E-state index in [1.165, 1.54) is 12.8 Å². The molecule has 0 unspecified atom stereocenters. The molecule has 1 aliphatic carbocycles. The van der Waals surface area contributed by atoms with Gasteiger partial charge in [-0.15, -0.1) is 0 Å². The summed E-state index contributed by atoms with van der Waals surface area (Å²) in [4.78, 5) is 3.75. The lowest BCUT2D eigenvalue weighted by Crippen LogP contribution is -2.32. The number of hydrogen-bond acceptors (Lipinski definition) is 0. The van der Waals surface area contributed by atoms with Gasteiger partial charge in [-0.2, -0.15) is 0 Å². The van der Waals surface area contributed by atoms with Gasteiger partial charge in [0.05, 0.1) is 0 Å². The van der Waals surface area contributed by atoms with Crippen molar-refractivity contribution in [3.8, 4) is 0 Å². The third-order valence-electron chi connectivity index (χ3n) is 3.56. The molecule has 13 heavy (non-hydrogen) atoms. The van der Waals surface area contributed by atoms with Crippen molar-refractivity contribution in [2.24, 2.45) is 11.3 Å². The minimum Gasteiger partial charge on any atom is -0.311 e.